The topological polar surface area (TPSA) is 38.2 Å². The molecule has 0 aliphatic carbocycles. The Bertz CT molecular complexity index is 552. The van der Waals surface area contributed by atoms with Crippen LogP contribution >= 0.6 is 0 Å². The summed E-state index contributed by atoms with van der Waals surface area (Å²) in [6, 6.07) is 7.99. The first-order chi connectivity index (χ1) is 9.31. The number of fused-ring (bicyclic) bond motifs is 1. The largest absolute Gasteiger partial charge is 0.381 e. The molecule has 0 radical (unpaired) electrons. The van der Waals surface area contributed by atoms with Crippen molar-refractivity contribution in [2.24, 2.45) is 5.92 Å². The van der Waals surface area contributed by atoms with Gasteiger partial charge in [0.05, 0.1) is 29.5 Å². The Hall–Kier alpha value is -1.52. The minimum absolute atomic E-state index is 0.665. The van der Waals surface area contributed by atoms with E-state index in [0.29, 0.717) is 5.92 Å². The van der Waals surface area contributed by atoms with Gasteiger partial charge in [0.25, 0.3) is 0 Å². The van der Waals surface area contributed by atoms with Crippen LogP contribution in [0.2, 0.25) is 0 Å². The number of nitrogens with zero attached hydrogens (tertiary/aromatic N) is 3. The summed E-state index contributed by atoms with van der Waals surface area (Å²) in [5.41, 5.74) is 2.95. The highest BCUT2D eigenvalue weighted by molar-refractivity contribution is 5.73. The van der Waals surface area contributed by atoms with Gasteiger partial charge in [0.15, 0.2) is 0 Å². The van der Waals surface area contributed by atoms with Crippen molar-refractivity contribution in [1.29, 1.82) is 0 Å². The number of hydrogen-bond acceptors (Lipinski definition) is 4. The summed E-state index contributed by atoms with van der Waals surface area (Å²) in [6.07, 6.45) is 3.05. The molecule has 1 aromatic heterocycles. The van der Waals surface area contributed by atoms with Crippen molar-refractivity contribution in [3.63, 3.8) is 0 Å². The molecule has 100 valence electrons. The standard InChI is InChI=1S/C15H19N3O/c1-18(9-12-6-7-19-11-12)10-13-8-16-14-4-2-3-5-15(14)17-13/h2-5,8,12H,6-7,9-11H2,1H3. The summed E-state index contributed by atoms with van der Waals surface area (Å²) < 4.78 is 5.41. The second-order valence-electron chi connectivity index (χ2n) is 5.28. The Kier molecular flexibility index (Phi) is 3.71. The average molecular weight is 257 g/mol. The van der Waals surface area contributed by atoms with E-state index in [1.807, 2.05) is 30.5 Å². The minimum atomic E-state index is 0.665. The fourth-order valence-electron chi connectivity index (χ4n) is 2.58. The van der Waals surface area contributed by atoms with Gasteiger partial charge in [-0.3, -0.25) is 4.98 Å². The second kappa shape index (κ2) is 5.63. The number of aromatic nitrogens is 2. The monoisotopic (exact) mass is 257 g/mol. The lowest BCUT2D eigenvalue weighted by molar-refractivity contribution is 0.172. The number of rotatable bonds is 4. The molecule has 0 spiro atoms. The lowest BCUT2D eigenvalue weighted by Gasteiger charge is -2.19. The zero-order valence-electron chi connectivity index (χ0n) is 11.2. The van der Waals surface area contributed by atoms with E-state index >= 15 is 0 Å². The molecule has 1 fully saturated rings. The first kappa shape index (κ1) is 12.5. The Morgan fingerprint density at radius 1 is 1.32 bits per heavy atom. The number of ether oxygens (including phenoxy) is 1. The average Bonchev–Trinajstić information content (AvgIpc) is 2.91. The summed E-state index contributed by atoms with van der Waals surface area (Å²) in [6.45, 7) is 3.71. The van der Waals surface area contributed by atoms with Crippen molar-refractivity contribution >= 4 is 11.0 Å². The van der Waals surface area contributed by atoms with Gasteiger partial charge in [0.1, 0.15) is 0 Å². The Labute approximate surface area is 113 Å². The van der Waals surface area contributed by atoms with Crippen LogP contribution < -0.4 is 0 Å². The van der Waals surface area contributed by atoms with E-state index in [9.17, 15) is 0 Å². The highest BCUT2D eigenvalue weighted by Crippen LogP contribution is 2.15. The zero-order chi connectivity index (χ0) is 13.1. The van der Waals surface area contributed by atoms with Crippen LogP contribution in [0, 0.1) is 5.92 Å². The van der Waals surface area contributed by atoms with E-state index in [4.69, 9.17) is 4.74 Å². The predicted molar refractivity (Wildman–Crippen MR) is 74.8 cm³/mol. The normalized spacial score (nSPS) is 19.4. The molecule has 1 atom stereocenters. The molecule has 1 saturated heterocycles. The molecular weight excluding hydrogens is 238 g/mol. The van der Waals surface area contributed by atoms with E-state index in [-0.39, 0.29) is 0 Å². The van der Waals surface area contributed by atoms with Crippen LogP contribution in [-0.2, 0) is 11.3 Å². The molecule has 2 aromatic rings. The highest BCUT2D eigenvalue weighted by Gasteiger charge is 2.17. The minimum Gasteiger partial charge on any atom is -0.381 e. The van der Waals surface area contributed by atoms with Crippen LogP contribution in [0.25, 0.3) is 11.0 Å². The van der Waals surface area contributed by atoms with Gasteiger partial charge in [-0.05, 0) is 31.5 Å². The van der Waals surface area contributed by atoms with Crippen LogP contribution in [0.4, 0.5) is 0 Å². The van der Waals surface area contributed by atoms with Gasteiger partial charge in [0.2, 0.25) is 0 Å². The summed E-state index contributed by atoms with van der Waals surface area (Å²) >= 11 is 0. The quantitative estimate of drug-likeness (QED) is 0.840. The van der Waals surface area contributed by atoms with E-state index < -0.39 is 0 Å². The third kappa shape index (κ3) is 3.08. The maximum Gasteiger partial charge on any atom is 0.0890 e. The molecular formula is C15H19N3O. The van der Waals surface area contributed by atoms with Gasteiger partial charge in [-0.1, -0.05) is 12.1 Å². The zero-order valence-corrected chi connectivity index (χ0v) is 11.2. The van der Waals surface area contributed by atoms with E-state index in [1.165, 1.54) is 6.42 Å². The maximum atomic E-state index is 5.41. The summed E-state index contributed by atoms with van der Waals surface area (Å²) in [7, 11) is 2.13. The van der Waals surface area contributed by atoms with Crippen LogP contribution in [0.5, 0.6) is 0 Å². The Morgan fingerprint density at radius 3 is 2.95 bits per heavy atom. The lowest BCUT2D eigenvalue weighted by Crippen LogP contribution is -2.26. The SMILES string of the molecule is CN(Cc1cnc2ccccc2n1)CC1CCOC1. The fourth-order valence-corrected chi connectivity index (χ4v) is 2.58. The molecule has 0 saturated carbocycles. The second-order valence-corrected chi connectivity index (χ2v) is 5.28. The van der Waals surface area contributed by atoms with E-state index in [1.54, 1.807) is 0 Å². The molecule has 1 unspecified atom stereocenters. The smallest absolute Gasteiger partial charge is 0.0890 e. The van der Waals surface area contributed by atoms with Crippen molar-refractivity contribution in [2.45, 2.75) is 13.0 Å². The van der Waals surface area contributed by atoms with Gasteiger partial charge < -0.3 is 9.64 Å². The molecule has 19 heavy (non-hydrogen) atoms. The molecule has 4 nitrogen and oxygen atoms in total. The molecule has 1 aliphatic rings. The van der Waals surface area contributed by atoms with E-state index in [0.717, 1.165) is 43.0 Å². The molecule has 0 N–H and O–H groups in total. The van der Waals surface area contributed by atoms with Crippen LogP contribution in [-0.4, -0.2) is 41.7 Å². The molecule has 1 aromatic carbocycles. The van der Waals surface area contributed by atoms with Crippen molar-refractivity contribution in [1.82, 2.24) is 14.9 Å². The van der Waals surface area contributed by atoms with Gasteiger partial charge >= 0.3 is 0 Å². The Balaban J connectivity index is 1.66. The number of para-hydroxylation sites is 2. The molecule has 4 heteroatoms. The van der Waals surface area contributed by atoms with Crippen molar-refractivity contribution < 1.29 is 4.74 Å². The first-order valence-corrected chi connectivity index (χ1v) is 6.78. The third-order valence-electron chi connectivity index (χ3n) is 3.52. The fraction of sp³-hybridized carbons (Fsp3) is 0.467. The van der Waals surface area contributed by atoms with Gasteiger partial charge in [0, 0.05) is 19.7 Å². The molecule has 0 bridgehead atoms. The number of hydrogen-bond donors (Lipinski definition) is 0. The van der Waals surface area contributed by atoms with Crippen molar-refractivity contribution in [2.75, 3.05) is 26.8 Å². The molecule has 2 heterocycles. The van der Waals surface area contributed by atoms with E-state index in [2.05, 4.69) is 21.9 Å². The maximum absolute atomic E-state index is 5.41. The summed E-state index contributed by atoms with van der Waals surface area (Å²) in [4.78, 5) is 11.4. The van der Waals surface area contributed by atoms with Gasteiger partial charge in [-0.15, -0.1) is 0 Å². The van der Waals surface area contributed by atoms with Crippen LogP contribution in [0.3, 0.4) is 0 Å². The third-order valence-corrected chi connectivity index (χ3v) is 3.52. The number of benzene rings is 1. The first-order valence-electron chi connectivity index (χ1n) is 6.78. The highest BCUT2D eigenvalue weighted by atomic mass is 16.5. The van der Waals surface area contributed by atoms with Gasteiger partial charge in [-0.25, -0.2) is 4.98 Å². The van der Waals surface area contributed by atoms with Crippen LogP contribution in [0.15, 0.2) is 30.5 Å². The Morgan fingerprint density at radius 2 is 2.16 bits per heavy atom. The molecule has 1 aliphatic heterocycles. The lowest BCUT2D eigenvalue weighted by atomic mass is 10.1. The molecule has 0 amide bonds. The van der Waals surface area contributed by atoms with Crippen molar-refractivity contribution in [3.8, 4) is 0 Å². The predicted octanol–water partition coefficient (Wildman–Crippen LogP) is 2.10. The molecule has 3 rings (SSSR count). The summed E-state index contributed by atoms with van der Waals surface area (Å²) in [5, 5.41) is 0. The van der Waals surface area contributed by atoms with Gasteiger partial charge in [-0.2, -0.15) is 0 Å². The van der Waals surface area contributed by atoms with Crippen LogP contribution in [0.1, 0.15) is 12.1 Å². The van der Waals surface area contributed by atoms with Crippen molar-refractivity contribution in [3.05, 3.63) is 36.2 Å². The summed E-state index contributed by atoms with van der Waals surface area (Å²) in [5.74, 6) is 0.665.